The zero-order chi connectivity index (χ0) is 38.8. The molecule has 0 aromatic carbocycles. The topological polar surface area (TPSA) is 183 Å². The van der Waals surface area contributed by atoms with E-state index in [1.165, 1.54) is 0 Å². The van der Waals surface area contributed by atoms with Crippen LogP contribution in [0.2, 0.25) is 0 Å². The molecule has 2 spiro atoms. The maximum absolute atomic E-state index is 14.9. The molecular formula is C39H65N7O6. The number of hydrogen-bond acceptors (Lipinski definition) is 7. The highest BCUT2D eigenvalue weighted by atomic mass is 16.2. The Morgan fingerprint density at radius 2 is 1.35 bits per heavy atom. The van der Waals surface area contributed by atoms with Crippen LogP contribution >= 0.6 is 0 Å². The van der Waals surface area contributed by atoms with E-state index >= 15 is 0 Å². The number of carbonyl (C=O) groups excluding carboxylic acids is 6. The molecule has 13 nitrogen and oxygen atoms in total. The van der Waals surface area contributed by atoms with Gasteiger partial charge in [0.15, 0.2) is 0 Å². The van der Waals surface area contributed by atoms with Gasteiger partial charge in [0.25, 0.3) is 5.91 Å². The number of piperazine rings is 1. The number of likely N-dealkylation sites (tertiary alicyclic amines) is 1. The third-order valence-corrected chi connectivity index (χ3v) is 13.7. The average Bonchev–Trinajstić information content (AvgIpc) is 3.19. The first-order valence-electron chi connectivity index (χ1n) is 19.5. The van der Waals surface area contributed by atoms with Crippen LogP contribution in [-0.4, -0.2) is 101 Å². The van der Waals surface area contributed by atoms with Crippen molar-refractivity contribution in [2.75, 3.05) is 19.6 Å². The Labute approximate surface area is 310 Å². The maximum atomic E-state index is 14.9. The normalized spacial score (nSPS) is 29.7. The molecule has 2 aliphatic heterocycles. The average molecular weight is 728 g/mol. The molecule has 0 radical (unpaired) electrons. The molecule has 5 fully saturated rings. The minimum atomic E-state index is -1.09. The lowest BCUT2D eigenvalue weighted by molar-refractivity contribution is -0.143. The molecule has 5 aliphatic rings. The molecule has 2 saturated heterocycles. The van der Waals surface area contributed by atoms with Gasteiger partial charge in [-0.2, -0.15) is 0 Å². The van der Waals surface area contributed by atoms with Crippen LogP contribution in [-0.2, 0) is 24.0 Å². The van der Waals surface area contributed by atoms with Crippen LogP contribution in [0.4, 0.5) is 4.79 Å². The second-order valence-corrected chi connectivity index (χ2v) is 19.6. The van der Waals surface area contributed by atoms with E-state index < -0.39 is 64.5 Å². The molecule has 0 bridgehead atoms. The van der Waals surface area contributed by atoms with Gasteiger partial charge < -0.3 is 36.8 Å². The molecule has 6 amide bonds. The number of nitrogens with zero attached hydrogens (tertiary/aromatic N) is 2. The van der Waals surface area contributed by atoms with E-state index in [0.717, 1.165) is 38.5 Å². The van der Waals surface area contributed by atoms with Crippen LogP contribution in [0.15, 0.2) is 0 Å². The first-order chi connectivity index (χ1) is 24.0. The van der Waals surface area contributed by atoms with E-state index in [-0.39, 0.29) is 40.2 Å². The predicted octanol–water partition coefficient (Wildman–Crippen LogP) is 2.85. The molecule has 52 heavy (non-hydrogen) atoms. The third kappa shape index (κ3) is 7.07. The van der Waals surface area contributed by atoms with Gasteiger partial charge in [-0.1, -0.05) is 81.1 Å². The van der Waals surface area contributed by atoms with Crippen LogP contribution in [0.5, 0.6) is 0 Å². The van der Waals surface area contributed by atoms with Crippen molar-refractivity contribution in [2.24, 2.45) is 38.7 Å². The van der Waals surface area contributed by atoms with Gasteiger partial charge in [-0.25, -0.2) is 4.79 Å². The predicted molar refractivity (Wildman–Crippen MR) is 197 cm³/mol. The molecule has 2 heterocycles. The first kappa shape index (κ1) is 40.0. The molecule has 3 aliphatic carbocycles. The number of hydrogen-bond donors (Lipinski definition) is 5. The number of nitrogens with two attached hydrogens (primary N) is 1. The summed E-state index contributed by atoms with van der Waals surface area (Å²) >= 11 is 0. The summed E-state index contributed by atoms with van der Waals surface area (Å²) in [7, 11) is 0. The zero-order valence-corrected chi connectivity index (χ0v) is 33.2. The summed E-state index contributed by atoms with van der Waals surface area (Å²) in [5, 5.41) is 12.2. The van der Waals surface area contributed by atoms with E-state index in [0.29, 0.717) is 32.5 Å². The molecular weight excluding hydrogens is 662 g/mol. The fourth-order valence-electron chi connectivity index (χ4n) is 10.3. The number of rotatable bonds is 10. The van der Waals surface area contributed by atoms with Gasteiger partial charge in [0, 0.05) is 37.1 Å². The molecule has 292 valence electrons. The van der Waals surface area contributed by atoms with Crippen molar-refractivity contribution in [1.29, 1.82) is 0 Å². The quantitative estimate of drug-likeness (QED) is 0.215. The zero-order valence-electron chi connectivity index (χ0n) is 33.2. The number of nitrogens with one attached hydrogen (secondary N) is 4. The summed E-state index contributed by atoms with van der Waals surface area (Å²) in [6.45, 7) is 21.2. The molecule has 1 unspecified atom stereocenters. The lowest BCUT2D eigenvalue weighted by Gasteiger charge is -2.41. The van der Waals surface area contributed by atoms with Gasteiger partial charge in [-0.3, -0.25) is 24.0 Å². The van der Waals surface area contributed by atoms with Gasteiger partial charge in [0.2, 0.25) is 23.5 Å². The smallest absolute Gasteiger partial charge is 0.316 e. The van der Waals surface area contributed by atoms with Gasteiger partial charge in [-0.05, 0) is 67.1 Å². The molecule has 7 atom stereocenters. The Bertz CT molecular complexity index is 1450. The first-order valence-corrected chi connectivity index (χ1v) is 19.5. The summed E-state index contributed by atoms with van der Waals surface area (Å²) < 4.78 is 0. The standard InChI is InChI=1S/C39H65N7O6/c1-22-19-45(20-23(2)41-22)32(50)28(35(3,4)5)43-34(52)44-29(36(6,7)8)33(51)46-21-39(37(9,10)38(39)15-12-16-38)18-26(46)31(49)42-25(27(47)30(40)48)17-24-13-11-14-24/h22-26,28-29,41H,11-21H2,1-10H3,(H2,40,48)(H,42,49)(H2,43,44,52)/t22-,23-,25?,26-,28+,29+,39+/m0/s1. The van der Waals surface area contributed by atoms with E-state index in [4.69, 9.17) is 5.73 Å². The Morgan fingerprint density at radius 3 is 1.77 bits per heavy atom. The Balaban J connectivity index is 1.39. The highest BCUT2D eigenvalue weighted by Gasteiger charge is 2.85. The van der Waals surface area contributed by atoms with E-state index in [2.05, 4.69) is 35.1 Å². The summed E-state index contributed by atoms with van der Waals surface area (Å²) in [6, 6.07) is -4.26. The lowest BCUT2D eigenvalue weighted by atomic mass is 9.73. The molecule has 6 N–H and O–H groups in total. The maximum Gasteiger partial charge on any atom is 0.316 e. The summed E-state index contributed by atoms with van der Waals surface area (Å²) in [6.07, 6.45) is 6.79. The van der Waals surface area contributed by atoms with E-state index in [1.807, 2.05) is 55.4 Å². The number of urea groups is 1. The minimum absolute atomic E-state index is 0.0171. The van der Waals surface area contributed by atoms with Gasteiger partial charge in [0.1, 0.15) is 18.1 Å². The van der Waals surface area contributed by atoms with Crippen LogP contribution in [0.1, 0.15) is 121 Å². The third-order valence-electron chi connectivity index (χ3n) is 13.7. The Kier molecular flexibility index (Phi) is 10.7. The monoisotopic (exact) mass is 727 g/mol. The molecule has 3 saturated carbocycles. The van der Waals surface area contributed by atoms with Crippen molar-refractivity contribution in [2.45, 2.75) is 157 Å². The number of primary amides is 1. The number of fused-ring (bicyclic) bond motifs is 1. The van der Waals surface area contributed by atoms with Crippen molar-refractivity contribution in [3.8, 4) is 0 Å². The molecule has 0 aromatic heterocycles. The second-order valence-electron chi connectivity index (χ2n) is 19.6. The summed E-state index contributed by atoms with van der Waals surface area (Å²) in [5.41, 5.74) is 3.65. The van der Waals surface area contributed by atoms with Gasteiger partial charge >= 0.3 is 6.03 Å². The van der Waals surface area contributed by atoms with Crippen LogP contribution in [0.3, 0.4) is 0 Å². The van der Waals surface area contributed by atoms with Gasteiger partial charge in [-0.15, -0.1) is 0 Å². The number of Topliss-reactive ketones (excluding diaryl/α,β-unsaturated/α-hetero) is 1. The number of ketones is 1. The fourth-order valence-corrected chi connectivity index (χ4v) is 10.3. The van der Waals surface area contributed by atoms with Gasteiger partial charge in [0.05, 0.1) is 6.04 Å². The van der Waals surface area contributed by atoms with Crippen LogP contribution in [0, 0.1) is 33.0 Å². The van der Waals surface area contributed by atoms with Crippen LogP contribution in [0.25, 0.3) is 0 Å². The van der Waals surface area contributed by atoms with E-state index in [9.17, 15) is 28.8 Å². The van der Waals surface area contributed by atoms with E-state index in [1.54, 1.807) is 9.80 Å². The summed E-state index contributed by atoms with van der Waals surface area (Å²) in [5.74, 6) is -2.74. The summed E-state index contributed by atoms with van der Waals surface area (Å²) in [4.78, 5) is 85.3. The van der Waals surface area contributed by atoms with Crippen molar-refractivity contribution < 1.29 is 28.8 Å². The Hall–Kier alpha value is -3.22. The number of carbonyl (C=O) groups is 6. The van der Waals surface area contributed by atoms with Crippen molar-refractivity contribution in [3.05, 3.63) is 0 Å². The Morgan fingerprint density at radius 1 is 0.808 bits per heavy atom. The second kappa shape index (κ2) is 13.9. The van der Waals surface area contributed by atoms with Crippen molar-refractivity contribution >= 4 is 35.4 Å². The highest BCUT2D eigenvalue weighted by Crippen LogP contribution is 2.88. The number of amides is 6. The SMILES string of the molecule is C[C@H]1CN(C(=O)[C@@H](NC(=O)N[C@H](C(=O)N2C[C@]3(C[C@H]2C(=O)NC(CC2CCC2)C(=O)C(N)=O)C(C)(C)C32CCC2)C(C)(C)C)C(C)(C)C)C[C@H](C)N1. The molecule has 5 rings (SSSR count). The molecule has 13 heteroatoms. The largest absolute Gasteiger partial charge is 0.363 e. The van der Waals surface area contributed by atoms with Crippen molar-refractivity contribution in [1.82, 2.24) is 31.1 Å². The lowest BCUT2D eigenvalue weighted by Crippen LogP contribution is -2.64. The fraction of sp³-hybridized carbons (Fsp3) is 0.846. The highest BCUT2D eigenvalue weighted by molar-refractivity contribution is 6.37. The molecule has 0 aromatic rings. The van der Waals surface area contributed by atoms with Crippen molar-refractivity contribution in [3.63, 3.8) is 0 Å². The minimum Gasteiger partial charge on any atom is -0.363 e. The van der Waals surface area contributed by atoms with Crippen LogP contribution < -0.4 is 27.0 Å².